The summed E-state index contributed by atoms with van der Waals surface area (Å²) < 4.78 is 0. The molecule has 0 N–H and O–H groups in total. The molecule has 10 heavy (non-hydrogen) atoms. The molecule has 3 aliphatic carbocycles. The zero-order valence-electron chi connectivity index (χ0n) is 7.15. The van der Waals surface area contributed by atoms with E-state index in [-0.39, 0.29) is 0 Å². The van der Waals surface area contributed by atoms with E-state index in [0.717, 1.165) is 11.8 Å². The second kappa shape index (κ2) is 1.72. The lowest BCUT2D eigenvalue weighted by molar-refractivity contribution is -0.0293. The van der Waals surface area contributed by atoms with Gasteiger partial charge in [0.25, 0.3) is 0 Å². The van der Waals surface area contributed by atoms with Crippen molar-refractivity contribution < 1.29 is 0 Å². The molecule has 0 aromatic heterocycles. The molecule has 0 amide bonds. The Bertz CT molecular complexity index is 144. The fraction of sp³-hybridized carbons (Fsp3) is 0.800. The van der Waals surface area contributed by atoms with Gasteiger partial charge in [-0.1, -0.05) is 13.8 Å². The molecule has 3 rings (SSSR count). The predicted molar refractivity (Wildman–Crippen MR) is 43.2 cm³/mol. The maximum absolute atomic E-state index is 2.43. The average Bonchev–Trinajstić information content (AvgIpc) is 1.87. The quantitative estimate of drug-likeness (QED) is 0.449. The van der Waals surface area contributed by atoms with Gasteiger partial charge in [0.2, 0.25) is 0 Å². The fourth-order valence-corrected chi connectivity index (χ4v) is 2.66. The monoisotopic (exact) mass is 136 g/mol. The van der Waals surface area contributed by atoms with Gasteiger partial charge >= 0.3 is 0 Å². The van der Waals surface area contributed by atoms with Gasteiger partial charge in [0.15, 0.2) is 5.92 Å². The SMILES string of the molecule is C[C]1[CH+]C[C@@H]2C[C@H]1C2(C)C. The first-order valence-corrected chi connectivity index (χ1v) is 4.29. The molecule has 0 aliphatic heterocycles. The Kier molecular flexibility index (Phi) is 1.13. The van der Waals surface area contributed by atoms with Crippen molar-refractivity contribution in [3.05, 3.63) is 12.3 Å². The van der Waals surface area contributed by atoms with Gasteiger partial charge in [0.05, 0.1) is 12.8 Å². The van der Waals surface area contributed by atoms with E-state index in [1.54, 1.807) is 5.92 Å². The van der Waals surface area contributed by atoms with Crippen LogP contribution in [-0.2, 0) is 0 Å². The Morgan fingerprint density at radius 3 is 2.50 bits per heavy atom. The maximum atomic E-state index is 2.43. The third kappa shape index (κ3) is 0.601. The van der Waals surface area contributed by atoms with Gasteiger partial charge in [-0.25, -0.2) is 0 Å². The molecule has 1 radical (unpaired) electrons. The summed E-state index contributed by atoms with van der Waals surface area (Å²) in [5, 5.41) is 0. The second-order valence-corrected chi connectivity index (χ2v) is 4.49. The molecule has 0 unspecified atom stereocenters. The highest BCUT2D eigenvalue weighted by Crippen LogP contribution is 2.61. The van der Waals surface area contributed by atoms with E-state index in [2.05, 4.69) is 27.2 Å². The largest absolute Gasteiger partial charge is 0.154 e. The molecule has 3 saturated carbocycles. The standard InChI is InChI=1S/C10H16/c1-7-4-5-8-6-9(7)10(8,2)3/h4,8-9H,5-6H2,1-3H3/q+1/t8-,9-/m1/s1. The van der Waals surface area contributed by atoms with E-state index in [1.165, 1.54) is 12.8 Å². The van der Waals surface area contributed by atoms with E-state index >= 15 is 0 Å². The Morgan fingerprint density at radius 2 is 2.20 bits per heavy atom. The van der Waals surface area contributed by atoms with Crippen molar-refractivity contribution in [2.24, 2.45) is 17.3 Å². The summed E-state index contributed by atoms with van der Waals surface area (Å²) in [4.78, 5) is 0. The average molecular weight is 136 g/mol. The minimum atomic E-state index is 0.638. The first-order chi connectivity index (χ1) is 4.62. The zero-order chi connectivity index (χ0) is 7.35. The van der Waals surface area contributed by atoms with Gasteiger partial charge in [-0.15, -0.1) is 0 Å². The summed E-state index contributed by atoms with van der Waals surface area (Å²) in [6, 6.07) is 0. The summed E-state index contributed by atoms with van der Waals surface area (Å²) in [5.74, 6) is 3.57. The smallest absolute Gasteiger partial charge is 0.0590 e. The fourth-order valence-electron chi connectivity index (χ4n) is 2.66. The van der Waals surface area contributed by atoms with Crippen LogP contribution in [0.3, 0.4) is 0 Å². The third-order valence-electron chi connectivity index (χ3n) is 3.74. The Balaban J connectivity index is 2.16. The van der Waals surface area contributed by atoms with E-state index in [1.807, 2.05) is 0 Å². The predicted octanol–water partition coefficient (Wildman–Crippen LogP) is 2.85. The Hall–Kier alpha value is -0.130. The molecule has 2 atom stereocenters. The summed E-state index contributed by atoms with van der Waals surface area (Å²) >= 11 is 0. The molecule has 0 nitrogen and oxygen atoms in total. The lowest BCUT2D eigenvalue weighted by atomic mass is 9.46. The molecule has 3 fully saturated rings. The third-order valence-corrected chi connectivity index (χ3v) is 3.74. The molecule has 0 heterocycles. The van der Waals surface area contributed by atoms with Crippen LogP contribution >= 0.6 is 0 Å². The van der Waals surface area contributed by atoms with Crippen molar-refractivity contribution in [2.45, 2.75) is 33.6 Å². The van der Waals surface area contributed by atoms with E-state index in [0.29, 0.717) is 5.41 Å². The van der Waals surface area contributed by atoms with E-state index < -0.39 is 0 Å². The molecule has 2 bridgehead atoms. The maximum Gasteiger partial charge on any atom is 0.154 e. The molecule has 0 heteroatoms. The summed E-state index contributed by atoms with van der Waals surface area (Å²) in [6.07, 6.45) is 5.24. The Morgan fingerprint density at radius 1 is 1.50 bits per heavy atom. The van der Waals surface area contributed by atoms with Crippen LogP contribution in [0.5, 0.6) is 0 Å². The van der Waals surface area contributed by atoms with Crippen LogP contribution in [-0.4, -0.2) is 0 Å². The molecule has 0 aromatic rings. The number of hydrogen-bond acceptors (Lipinski definition) is 0. The highest BCUT2D eigenvalue weighted by Gasteiger charge is 2.58. The minimum Gasteiger partial charge on any atom is -0.0590 e. The number of rotatable bonds is 0. The molecule has 0 saturated heterocycles. The van der Waals surface area contributed by atoms with Crippen LogP contribution < -0.4 is 0 Å². The van der Waals surface area contributed by atoms with Gasteiger partial charge in [0, 0.05) is 11.8 Å². The topological polar surface area (TPSA) is 0 Å². The van der Waals surface area contributed by atoms with Gasteiger partial charge in [-0.3, -0.25) is 0 Å². The lowest BCUT2D eigenvalue weighted by Crippen LogP contribution is -2.51. The highest BCUT2D eigenvalue weighted by molar-refractivity contribution is 5.21. The van der Waals surface area contributed by atoms with Crippen LogP contribution in [0.25, 0.3) is 0 Å². The van der Waals surface area contributed by atoms with Crippen LogP contribution in [0, 0.1) is 29.6 Å². The first-order valence-electron chi connectivity index (χ1n) is 4.29. The van der Waals surface area contributed by atoms with E-state index in [4.69, 9.17) is 0 Å². The van der Waals surface area contributed by atoms with Crippen LogP contribution in [0.1, 0.15) is 33.6 Å². The van der Waals surface area contributed by atoms with Crippen molar-refractivity contribution >= 4 is 0 Å². The van der Waals surface area contributed by atoms with Gasteiger partial charge in [-0.2, -0.15) is 0 Å². The van der Waals surface area contributed by atoms with Crippen LogP contribution in [0.2, 0.25) is 0 Å². The molecular weight excluding hydrogens is 120 g/mol. The van der Waals surface area contributed by atoms with Crippen molar-refractivity contribution in [3.8, 4) is 0 Å². The number of fused-ring (bicyclic) bond motifs is 2. The minimum absolute atomic E-state index is 0.638. The Labute approximate surface area is 64.0 Å². The van der Waals surface area contributed by atoms with Crippen LogP contribution in [0.15, 0.2) is 0 Å². The van der Waals surface area contributed by atoms with Crippen molar-refractivity contribution in [3.63, 3.8) is 0 Å². The summed E-state index contributed by atoms with van der Waals surface area (Å²) in [7, 11) is 0. The van der Waals surface area contributed by atoms with Crippen molar-refractivity contribution in [2.75, 3.05) is 0 Å². The molecular formula is C10H16+. The molecule has 3 aliphatic rings. The molecule has 0 spiro atoms. The van der Waals surface area contributed by atoms with Gasteiger partial charge < -0.3 is 0 Å². The van der Waals surface area contributed by atoms with Crippen LogP contribution in [0.4, 0.5) is 0 Å². The van der Waals surface area contributed by atoms with Crippen molar-refractivity contribution in [1.82, 2.24) is 0 Å². The molecule has 55 valence electrons. The van der Waals surface area contributed by atoms with Crippen molar-refractivity contribution in [1.29, 1.82) is 0 Å². The zero-order valence-corrected chi connectivity index (χ0v) is 7.15. The van der Waals surface area contributed by atoms with Gasteiger partial charge in [0.1, 0.15) is 0 Å². The highest BCUT2D eigenvalue weighted by atomic mass is 14.6. The first kappa shape index (κ1) is 6.57. The summed E-state index contributed by atoms with van der Waals surface area (Å²) in [6.45, 7) is 7.13. The van der Waals surface area contributed by atoms with Gasteiger partial charge in [-0.05, 0) is 18.8 Å². The number of hydrogen-bond donors (Lipinski definition) is 0. The summed E-state index contributed by atoms with van der Waals surface area (Å²) in [5.41, 5.74) is 0.638. The molecule has 0 aromatic carbocycles. The second-order valence-electron chi connectivity index (χ2n) is 4.49. The van der Waals surface area contributed by atoms with E-state index in [9.17, 15) is 0 Å². The normalized spacial score (nSPS) is 43.9. The lowest BCUT2D eigenvalue weighted by Gasteiger charge is -2.54.